The van der Waals surface area contributed by atoms with Crippen molar-refractivity contribution in [1.82, 2.24) is 0 Å². The van der Waals surface area contributed by atoms with Gasteiger partial charge in [0.2, 0.25) is 0 Å². The second-order valence-corrected chi connectivity index (χ2v) is 23.0. The average molecular weight is 1090 g/mol. The molecule has 3 heteroatoms. The molecule has 0 aliphatic carbocycles. The molecule has 0 heterocycles. The third-order valence-corrected chi connectivity index (χ3v) is 15.6. The van der Waals surface area contributed by atoms with Crippen LogP contribution in [-0.4, -0.2) is 11.4 Å². The van der Waals surface area contributed by atoms with Crippen molar-refractivity contribution < 1.29 is 16.5 Å². The molecule has 0 bridgehead atoms. The molecule has 0 spiro atoms. The molecular formula is C73H122N2Ni. The summed E-state index contributed by atoms with van der Waals surface area (Å²) in [6, 6.07) is 15.4. The molecule has 0 unspecified atom stereocenters. The molecule has 434 valence electrons. The van der Waals surface area contributed by atoms with Crippen molar-refractivity contribution in [3.05, 3.63) is 59.2 Å². The minimum Gasteiger partial charge on any atom is -0.250 e. The average Bonchev–Trinajstić information content (AvgIpc) is 3.42. The Bertz CT molecular complexity index is 1780. The predicted molar refractivity (Wildman–Crippen MR) is 339 cm³/mol. The minimum atomic E-state index is 0. The number of benzene rings is 2. The summed E-state index contributed by atoms with van der Waals surface area (Å²) >= 11 is 0. The molecule has 0 atom stereocenters. The first-order chi connectivity index (χ1) is 37.1. The fourth-order valence-electron chi connectivity index (χ4n) is 10.8. The number of aryl methyl sites for hydroxylation is 2. The van der Waals surface area contributed by atoms with E-state index in [1.54, 1.807) is 0 Å². The number of hydrogen-bond donors (Lipinski definition) is 0. The van der Waals surface area contributed by atoms with E-state index in [1.807, 2.05) is 0 Å². The smallest absolute Gasteiger partial charge is 0.135 e. The van der Waals surface area contributed by atoms with Crippen molar-refractivity contribution in [3.63, 3.8) is 0 Å². The molecule has 2 aromatic carbocycles. The van der Waals surface area contributed by atoms with Crippen LogP contribution in [-0.2, 0) is 29.3 Å². The SMILES string of the molecule is CCCCCCCCCCCCCCCCCCCCCCC#CC(=Nc1ccc(CCC)c(CCC)c1)C(CCCCC)=Nc1cccc(C#CCCCCCCCCCCCCCCCCCCCCCC)c1.[Ni]. The van der Waals surface area contributed by atoms with Gasteiger partial charge in [-0.25, -0.2) is 4.99 Å². The fraction of sp³-hybridized carbons (Fsp3) is 0.753. The van der Waals surface area contributed by atoms with Crippen LogP contribution in [0.5, 0.6) is 0 Å². The van der Waals surface area contributed by atoms with Crippen LogP contribution in [0.3, 0.4) is 0 Å². The van der Waals surface area contributed by atoms with Crippen LogP contribution >= 0.6 is 0 Å². The van der Waals surface area contributed by atoms with E-state index in [-0.39, 0.29) is 16.5 Å². The first-order valence-electron chi connectivity index (χ1n) is 33.5. The molecule has 0 N–H and O–H groups in total. The Morgan fingerprint density at radius 1 is 0.342 bits per heavy atom. The summed E-state index contributed by atoms with van der Waals surface area (Å²) in [5.41, 5.74) is 7.78. The van der Waals surface area contributed by atoms with Crippen molar-refractivity contribution in [1.29, 1.82) is 0 Å². The predicted octanol–water partition coefficient (Wildman–Crippen LogP) is 24.8. The summed E-state index contributed by atoms with van der Waals surface area (Å²) in [5, 5.41) is 0. The van der Waals surface area contributed by atoms with Gasteiger partial charge >= 0.3 is 0 Å². The summed E-state index contributed by atoms with van der Waals surface area (Å²) in [6.07, 6.45) is 67.1. The number of unbranched alkanes of at least 4 members (excludes halogenated alkanes) is 42. The van der Waals surface area contributed by atoms with Crippen molar-refractivity contribution in [3.8, 4) is 23.7 Å². The second-order valence-electron chi connectivity index (χ2n) is 23.0. The maximum absolute atomic E-state index is 5.36. The molecule has 0 amide bonds. The Hall–Kier alpha value is -2.61. The summed E-state index contributed by atoms with van der Waals surface area (Å²) in [6.45, 7) is 11.5. The first kappa shape index (κ1) is 71.4. The molecule has 0 radical (unpaired) electrons. The van der Waals surface area contributed by atoms with Crippen LogP contribution in [0.15, 0.2) is 52.4 Å². The Morgan fingerprint density at radius 3 is 1.13 bits per heavy atom. The zero-order chi connectivity index (χ0) is 53.6. The normalized spacial score (nSPS) is 11.6. The molecular weight excluding hydrogens is 964 g/mol. The van der Waals surface area contributed by atoms with E-state index in [0.29, 0.717) is 0 Å². The Labute approximate surface area is 485 Å². The van der Waals surface area contributed by atoms with E-state index in [0.717, 1.165) is 86.1 Å². The van der Waals surface area contributed by atoms with Gasteiger partial charge in [0, 0.05) is 34.9 Å². The maximum Gasteiger partial charge on any atom is 0.135 e. The standard InChI is InChI=1S/C73H122N2.Ni/c1-6-11-14-16-18-20-22-24-26-28-30-32-34-36-38-40-42-44-46-48-50-53-58-67-59-55-60-70(65-67)74-72(61-52-13-8-3)73(75-71-64-63-68(56-9-4)69(66-71)57-10-5)62-54-51-49-47-45-43-41-39-37-35-33-31-29-27-25-23-21-19-17-15-12-7-2;/h55,59-60,63-66H,6-52,56-57,61H2,1-5H3;. The topological polar surface area (TPSA) is 24.7 Å². The Kier molecular flexibility index (Phi) is 52.3. The molecule has 0 saturated heterocycles. The van der Waals surface area contributed by atoms with Crippen molar-refractivity contribution in [2.45, 2.75) is 356 Å². The van der Waals surface area contributed by atoms with E-state index < -0.39 is 0 Å². The van der Waals surface area contributed by atoms with Gasteiger partial charge in [0.05, 0.1) is 17.1 Å². The Morgan fingerprint density at radius 2 is 0.711 bits per heavy atom. The van der Waals surface area contributed by atoms with Crippen LogP contribution in [0, 0.1) is 23.7 Å². The largest absolute Gasteiger partial charge is 0.250 e. The van der Waals surface area contributed by atoms with Crippen LogP contribution in [0.2, 0.25) is 0 Å². The third-order valence-electron chi connectivity index (χ3n) is 15.6. The van der Waals surface area contributed by atoms with Gasteiger partial charge in [0.15, 0.2) is 0 Å². The monoisotopic (exact) mass is 1080 g/mol. The van der Waals surface area contributed by atoms with Crippen molar-refractivity contribution >= 4 is 22.8 Å². The van der Waals surface area contributed by atoms with E-state index in [2.05, 4.69) is 101 Å². The molecule has 2 nitrogen and oxygen atoms in total. The van der Waals surface area contributed by atoms with Gasteiger partial charge in [-0.2, -0.15) is 0 Å². The first-order valence-corrected chi connectivity index (χ1v) is 33.5. The maximum atomic E-state index is 5.36. The van der Waals surface area contributed by atoms with Gasteiger partial charge in [0.25, 0.3) is 0 Å². The van der Waals surface area contributed by atoms with E-state index >= 15 is 0 Å². The van der Waals surface area contributed by atoms with Crippen molar-refractivity contribution in [2.75, 3.05) is 0 Å². The van der Waals surface area contributed by atoms with Gasteiger partial charge in [-0.1, -0.05) is 334 Å². The summed E-state index contributed by atoms with van der Waals surface area (Å²) in [5.74, 6) is 14.2. The molecule has 0 fully saturated rings. The molecule has 76 heavy (non-hydrogen) atoms. The zero-order valence-corrected chi connectivity index (χ0v) is 52.1. The second kappa shape index (κ2) is 55.7. The number of rotatable bonds is 51. The fourth-order valence-corrected chi connectivity index (χ4v) is 10.8. The van der Waals surface area contributed by atoms with E-state index in [9.17, 15) is 0 Å². The summed E-state index contributed by atoms with van der Waals surface area (Å²) in [4.78, 5) is 10.7. The number of hydrogen-bond acceptors (Lipinski definition) is 2. The van der Waals surface area contributed by atoms with Gasteiger partial charge < -0.3 is 0 Å². The third kappa shape index (κ3) is 42.4. The van der Waals surface area contributed by atoms with E-state index in [4.69, 9.17) is 9.98 Å². The van der Waals surface area contributed by atoms with Gasteiger partial charge in [-0.3, -0.25) is 4.99 Å². The van der Waals surface area contributed by atoms with Crippen LogP contribution < -0.4 is 0 Å². The molecule has 0 aliphatic heterocycles. The minimum absolute atomic E-state index is 0. The summed E-state index contributed by atoms with van der Waals surface area (Å²) < 4.78 is 0. The van der Waals surface area contributed by atoms with Crippen molar-refractivity contribution in [2.24, 2.45) is 9.98 Å². The Balaban J connectivity index is 0.0000289. The van der Waals surface area contributed by atoms with Crippen LogP contribution in [0.25, 0.3) is 0 Å². The number of nitrogens with zero attached hydrogens (tertiary/aromatic N) is 2. The zero-order valence-electron chi connectivity index (χ0n) is 51.1. The quantitative estimate of drug-likeness (QED) is 0.0273. The van der Waals surface area contributed by atoms with Gasteiger partial charge in [-0.15, -0.1) is 0 Å². The molecule has 0 saturated carbocycles. The van der Waals surface area contributed by atoms with Crippen LogP contribution in [0.4, 0.5) is 11.4 Å². The molecule has 0 aliphatic rings. The number of aliphatic imine (C=N–C) groups is 2. The van der Waals surface area contributed by atoms with Gasteiger partial charge in [-0.05, 0) is 85.9 Å². The van der Waals surface area contributed by atoms with E-state index in [1.165, 1.54) is 274 Å². The summed E-state index contributed by atoms with van der Waals surface area (Å²) in [7, 11) is 0. The molecule has 2 aromatic rings. The van der Waals surface area contributed by atoms with Gasteiger partial charge in [0.1, 0.15) is 5.71 Å². The molecule has 0 aromatic heterocycles. The van der Waals surface area contributed by atoms with Crippen LogP contribution in [0.1, 0.15) is 360 Å². The molecule has 2 rings (SSSR count).